The number of ether oxygens (including phenoxy) is 1. The van der Waals surface area contributed by atoms with Crippen LogP contribution in [0.2, 0.25) is 0 Å². The van der Waals surface area contributed by atoms with Crippen LogP contribution >= 0.6 is 22.7 Å². The molecule has 7 aliphatic rings. The van der Waals surface area contributed by atoms with Crippen LogP contribution in [0, 0.1) is 48.3 Å². The first kappa shape index (κ1) is 75.5. The Bertz CT molecular complexity index is 4260. The molecule has 3 aliphatic heterocycles. The second-order valence-corrected chi connectivity index (χ2v) is 35.5. The van der Waals surface area contributed by atoms with Gasteiger partial charge in [0.25, 0.3) is 0 Å². The van der Waals surface area contributed by atoms with Crippen molar-refractivity contribution in [3.05, 3.63) is 106 Å². The molecule has 0 radical (unpaired) electrons. The number of para-hydroxylation sites is 1. The van der Waals surface area contributed by atoms with E-state index in [0.717, 1.165) is 156 Å². The SMILES string of the molecule is Cc1ncsc1-c1ccc([C@H](C)NC(=O)[C@@H]2C[C@@H](O)CN2C(=O)[C@@H](NC(=O)C2CCN(C(=O)CCCCCCCCCCN(C)CCOC34CC5(C)CC(C)(CC(Cn6ncc(-c7ccc(N8CCCc9c8nnc(Nc8nc%10ccccc%10s8)c9C)nc7C(=O)O)c6C)(C5)C3)C4)CC2)C(C)(C)C)cc1. The second kappa shape index (κ2) is 31.2. The number of aliphatic hydroxyl groups is 1. The lowest BCUT2D eigenvalue weighted by molar-refractivity contribution is -0.248. The van der Waals surface area contributed by atoms with E-state index in [9.17, 15) is 34.2 Å². The number of carbonyl (C=O) groups is 5. The number of unbranched alkanes of at least 4 members (excludes halogenated alkanes) is 7. The van der Waals surface area contributed by atoms with Gasteiger partial charge in [0.1, 0.15) is 17.9 Å². The molecule has 24 heteroatoms. The minimum atomic E-state index is -1.09. The molecule has 8 heterocycles. The van der Waals surface area contributed by atoms with Crippen LogP contribution in [0.15, 0.2) is 72.4 Å². The van der Waals surface area contributed by atoms with Crippen LogP contribution in [-0.2, 0) is 36.9 Å². The number of anilines is 4. The number of thiazole rings is 2. The number of aryl methyl sites for hydroxylation is 1. The van der Waals surface area contributed by atoms with Gasteiger partial charge in [-0.1, -0.05) is 121 Å². The van der Waals surface area contributed by atoms with Crippen LogP contribution in [0.5, 0.6) is 0 Å². The Morgan fingerprint density at radius 2 is 1.51 bits per heavy atom. The summed E-state index contributed by atoms with van der Waals surface area (Å²) >= 11 is 3.15. The molecule has 0 spiro atoms. The monoisotopic (exact) mass is 1470 g/mol. The lowest BCUT2D eigenvalue weighted by atomic mass is 9.39. The maximum absolute atomic E-state index is 14.4. The van der Waals surface area contributed by atoms with E-state index in [1.807, 2.05) is 118 Å². The Morgan fingerprint density at radius 1 is 0.800 bits per heavy atom. The van der Waals surface area contributed by atoms with Gasteiger partial charge in [-0.3, -0.25) is 23.9 Å². The molecular formula is C81H108N14O8S2. The highest BCUT2D eigenvalue weighted by molar-refractivity contribution is 7.22. The highest BCUT2D eigenvalue weighted by atomic mass is 32.1. The molecule has 4 aliphatic carbocycles. The molecule has 4 saturated carbocycles. The molecule has 2 aromatic carbocycles. The first-order valence-corrected chi connectivity index (χ1v) is 40.1. The number of aromatic carboxylic acids is 1. The zero-order valence-electron chi connectivity index (χ0n) is 63.2. The maximum atomic E-state index is 14.4. The average Bonchev–Trinajstić information content (AvgIpc) is 1.68. The number of carboxylic acid groups (broad SMARTS) is 1. The van der Waals surface area contributed by atoms with Crippen LogP contribution in [0.4, 0.5) is 22.6 Å². The Hall–Kier alpha value is -7.77. The topological polar surface area (TPSA) is 266 Å². The maximum Gasteiger partial charge on any atom is 0.355 e. The Balaban J connectivity index is 0.510. The first-order valence-electron chi connectivity index (χ1n) is 38.4. The number of fused-ring (bicyclic) bond motifs is 2. The third-order valence-electron chi connectivity index (χ3n) is 23.6. The average molecular weight is 1470 g/mol. The minimum Gasteiger partial charge on any atom is -0.476 e. The molecule has 105 heavy (non-hydrogen) atoms. The summed E-state index contributed by atoms with van der Waals surface area (Å²) in [7, 11) is 2.22. The van der Waals surface area contributed by atoms with E-state index in [0.29, 0.717) is 68.5 Å². The number of aliphatic hydroxyl groups excluding tert-OH is 1. The number of amides is 4. The number of pyridine rings is 1. The summed E-state index contributed by atoms with van der Waals surface area (Å²) in [6.07, 6.45) is 19.7. The van der Waals surface area contributed by atoms with Gasteiger partial charge in [-0.25, -0.2) is 19.7 Å². The minimum absolute atomic E-state index is 0.000428. The normalized spacial score (nSPS) is 23.6. The van der Waals surface area contributed by atoms with E-state index in [1.165, 1.54) is 30.6 Å². The summed E-state index contributed by atoms with van der Waals surface area (Å²) in [6, 6.07) is 17.7. The van der Waals surface area contributed by atoms with Crippen LogP contribution in [0.3, 0.4) is 0 Å². The molecule has 5 N–H and O–H groups in total. The van der Waals surface area contributed by atoms with Crippen LogP contribution < -0.4 is 20.9 Å². The largest absolute Gasteiger partial charge is 0.476 e. The first-order chi connectivity index (χ1) is 50.2. The van der Waals surface area contributed by atoms with Crippen molar-refractivity contribution in [1.29, 1.82) is 0 Å². The summed E-state index contributed by atoms with van der Waals surface area (Å²) in [5.41, 5.74) is 9.43. The van der Waals surface area contributed by atoms with E-state index in [1.54, 1.807) is 22.7 Å². The van der Waals surface area contributed by atoms with E-state index in [-0.39, 0.29) is 76.1 Å². The molecule has 5 aromatic heterocycles. The fourth-order valence-electron chi connectivity index (χ4n) is 19.3. The third kappa shape index (κ3) is 16.8. The lowest BCUT2D eigenvalue weighted by Crippen LogP contribution is -2.64. The zero-order chi connectivity index (χ0) is 74.2. The Morgan fingerprint density at radius 3 is 2.21 bits per heavy atom. The van der Waals surface area contributed by atoms with E-state index >= 15 is 0 Å². The number of hydrogen-bond acceptors (Lipinski definition) is 18. The zero-order valence-corrected chi connectivity index (χ0v) is 64.8. The molecule has 4 amide bonds. The van der Waals surface area contributed by atoms with Crippen LogP contribution in [0.1, 0.15) is 208 Å². The predicted octanol–water partition coefficient (Wildman–Crippen LogP) is 14.1. The fourth-order valence-corrected chi connectivity index (χ4v) is 21.0. The van der Waals surface area contributed by atoms with Crippen molar-refractivity contribution in [3.63, 3.8) is 0 Å². The van der Waals surface area contributed by atoms with Crippen molar-refractivity contribution in [2.24, 2.45) is 27.6 Å². The van der Waals surface area contributed by atoms with Crippen molar-refractivity contribution < 1.29 is 38.9 Å². The molecule has 14 rings (SSSR count). The summed E-state index contributed by atoms with van der Waals surface area (Å²) in [4.78, 5) is 91.5. The van der Waals surface area contributed by atoms with Crippen molar-refractivity contribution in [1.82, 2.24) is 60.3 Å². The molecule has 2 unspecified atom stereocenters. The molecular weight excluding hydrogens is 1360 g/mol. The number of benzene rings is 2. The van der Waals surface area contributed by atoms with Crippen molar-refractivity contribution in [3.8, 4) is 21.6 Å². The summed E-state index contributed by atoms with van der Waals surface area (Å²) in [5.74, 6) is -0.399. The highest BCUT2D eigenvalue weighted by Gasteiger charge is 2.66. The molecule has 22 nitrogen and oxygen atoms in total. The van der Waals surface area contributed by atoms with E-state index in [2.05, 4.69) is 69.5 Å². The number of aromatic nitrogens is 7. The van der Waals surface area contributed by atoms with E-state index < -0.39 is 29.6 Å². The number of nitrogens with one attached hydrogen (secondary N) is 3. The number of β-amino-alcohol motifs (C(OH)–C–C–N with tert-alkyl or cyclic N) is 1. The van der Waals surface area contributed by atoms with Gasteiger partial charge in [-0.15, -0.1) is 21.5 Å². The second-order valence-electron chi connectivity index (χ2n) is 33.6. The number of rotatable bonds is 29. The van der Waals surface area contributed by atoms with Crippen LogP contribution in [-0.4, -0.2) is 166 Å². The lowest BCUT2D eigenvalue weighted by Gasteiger charge is -2.69. The van der Waals surface area contributed by atoms with Crippen molar-refractivity contribution >= 4 is 85.1 Å². The predicted molar refractivity (Wildman–Crippen MR) is 412 cm³/mol. The molecule has 7 aromatic rings. The summed E-state index contributed by atoms with van der Waals surface area (Å²) < 4.78 is 10.4. The van der Waals surface area contributed by atoms with Gasteiger partial charge in [0.05, 0.1) is 56.8 Å². The van der Waals surface area contributed by atoms with Crippen molar-refractivity contribution in [2.75, 3.05) is 63.1 Å². The molecule has 6 atom stereocenters. The van der Waals surface area contributed by atoms with Gasteiger partial charge in [-0.05, 0) is 175 Å². The van der Waals surface area contributed by atoms with E-state index in [4.69, 9.17) is 24.9 Å². The van der Waals surface area contributed by atoms with Gasteiger partial charge in [-0.2, -0.15) is 5.10 Å². The number of hydrogen-bond donors (Lipinski definition) is 5. The van der Waals surface area contributed by atoms with Gasteiger partial charge >= 0.3 is 5.97 Å². The standard InChI is InChI=1S/C81H108N14O8S2/c1-51-59-22-21-35-93(71(59)90-89-70(51)88-76-85-62-23-18-19-24-64(62)105-76)65-31-30-60(67(86-65)75(101)102)61-41-83-95(54(61)4)49-80-44-78(8)43-79(9,45-80)47-81(46-78,48-80)103-39-38-91(10)34-20-16-14-12-11-13-15-17-25-66(97)92-36-32-57(33-37-92)72(98)87-69(77(5,6)7)74(100)94-42-58(96)40-63(94)73(99)84-52(2)55-26-28-56(29-27-55)68-53(3)82-50-104-68/h18-19,23-24,26-31,41,50,52,57-58,63,69,96H,11-17,20-22,25,32-40,42-49H2,1-10H3,(H,84,99)(H,87,98)(H,101,102)(H,85,88,89)/t52-,58+,63-,69+,78?,79?,80?,81?/m0/s1. The number of likely N-dealkylation sites (tertiary alicyclic amines) is 2. The molecule has 6 fully saturated rings. The smallest absolute Gasteiger partial charge is 0.355 e. The Labute approximate surface area is 626 Å². The third-order valence-corrected chi connectivity index (χ3v) is 25.5. The van der Waals surface area contributed by atoms with Gasteiger partial charge in [0, 0.05) is 86.0 Å². The number of nitrogens with zero attached hydrogens (tertiary/aromatic N) is 11. The van der Waals surface area contributed by atoms with Crippen LogP contribution in [0.25, 0.3) is 31.8 Å². The Kier molecular flexibility index (Phi) is 22.4. The molecule has 4 bridgehead atoms. The number of piperidine rings is 1. The molecule has 562 valence electrons. The van der Waals surface area contributed by atoms with Gasteiger partial charge in [0.2, 0.25) is 23.6 Å². The summed E-state index contributed by atoms with van der Waals surface area (Å²) in [6.45, 7) is 23.6. The van der Waals surface area contributed by atoms with Crippen molar-refractivity contribution in [2.45, 2.75) is 227 Å². The van der Waals surface area contributed by atoms with Gasteiger partial charge in [0.15, 0.2) is 22.5 Å². The highest BCUT2D eigenvalue weighted by Crippen LogP contribution is 2.72. The number of carbonyl (C=O) groups excluding carboxylic acids is 4. The summed E-state index contributed by atoms with van der Waals surface area (Å²) in [5, 5.41) is 46.2. The fraction of sp³-hybridized carbons (Fsp3) is 0.593. The molecule has 2 saturated heterocycles. The van der Waals surface area contributed by atoms with Gasteiger partial charge < -0.3 is 50.5 Å². The quantitative estimate of drug-likeness (QED) is 0.0273. The number of likely N-dealkylation sites (N-methyl/N-ethyl adjacent to an activating group) is 1. The number of carboxylic acids is 1.